The molecule has 0 spiro atoms. The van der Waals surface area contributed by atoms with Gasteiger partial charge in [0.2, 0.25) is 0 Å². The number of anilines is 1. The minimum absolute atomic E-state index is 0.265. The van der Waals surface area contributed by atoms with Crippen LogP contribution in [-0.4, -0.2) is 6.03 Å². The van der Waals surface area contributed by atoms with E-state index in [1.165, 1.54) is 0 Å². The van der Waals surface area contributed by atoms with Gasteiger partial charge in [-0.15, -0.1) is 0 Å². The van der Waals surface area contributed by atoms with E-state index < -0.39 is 0 Å². The monoisotopic (exact) mass is 176 g/mol. The van der Waals surface area contributed by atoms with Crippen molar-refractivity contribution in [3.8, 4) is 0 Å². The summed E-state index contributed by atoms with van der Waals surface area (Å²) in [6, 6.07) is 8.98. The zero-order valence-corrected chi connectivity index (χ0v) is 7.50. The molecule has 0 aliphatic carbocycles. The lowest BCUT2D eigenvalue weighted by atomic mass is 10.3. The molecule has 1 rings (SSSR count). The summed E-state index contributed by atoms with van der Waals surface area (Å²) in [7, 11) is 0. The number of allylic oxidation sites excluding steroid dienone is 1. The standard InChI is InChI=1S/C10H12N2O/c1-8(2)11-10(13)12-9-6-4-3-5-7-9/h3-7H,1H2,2H3,(H2,11,12,13). The molecular formula is C10H12N2O. The SMILES string of the molecule is C=C(C)NC(=O)Nc1ccccc1. The first-order chi connectivity index (χ1) is 6.18. The van der Waals surface area contributed by atoms with Crippen LogP contribution in [0.25, 0.3) is 0 Å². The van der Waals surface area contributed by atoms with Gasteiger partial charge in [-0.2, -0.15) is 0 Å². The molecule has 2 amide bonds. The predicted octanol–water partition coefficient (Wildman–Crippen LogP) is 2.34. The van der Waals surface area contributed by atoms with Crippen molar-refractivity contribution < 1.29 is 4.79 Å². The van der Waals surface area contributed by atoms with Crippen LogP contribution < -0.4 is 10.6 Å². The van der Waals surface area contributed by atoms with E-state index in [4.69, 9.17) is 0 Å². The van der Waals surface area contributed by atoms with Crippen molar-refractivity contribution in [2.75, 3.05) is 5.32 Å². The van der Waals surface area contributed by atoms with Gasteiger partial charge < -0.3 is 10.6 Å². The van der Waals surface area contributed by atoms with Crippen molar-refractivity contribution >= 4 is 11.7 Å². The third-order valence-corrected chi connectivity index (χ3v) is 1.36. The highest BCUT2D eigenvalue weighted by molar-refractivity contribution is 5.90. The molecule has 3 heteroatoms. The summed E-state index contributed by atoms with van der Waals surface area (Å²) < 4.78 is 0. The molecule has 0 saturated carbocycles. The molecular weight excluding hydrogens is 164 g/mol. The number of hydrogen-bond acceptors (Lipinski definition) is 1. The summed E-state index contributed by atoms with van der Waals surface area (Å²) in [5.74, 6) is 0. The molecule has 0 aromatic heterocycles. The smallest absolute Gasteiger partial charge is 0.312 e. The van der Waals surface area contributed by atoms with E-state index in [1.807, 2.05) is 30.3 Å². The van der Waals surface area contributed by atoms with Crippen molar-refractivity contribution in [3.05, 3.63) is 42.6 Å². The quantitative estimate of drug-likeness (QED) is 0.713. The number of benzene rings is 1. The normalized spacial score (nSPS) is 9.00. The molecule has 0 radical (unpaired) electrons. The number of hydrogen-bond donors (Lipinski definition) is 2. The van der Waals surface area contributed by atoms with E-state index in [1.54, 1.807) is 6.92 Å². The van der Waals surface area contributed by atoms with E-state index in [-0.39, 0.29) is 6.03 Å². The highest BCUT2D eigenvalue weighted by atomic mass is 16.2. The number of carbonyl (C=O) groups is 1. The Labute approximate surface area is 77.5 Å². The number of urea groups is 1. The van der Waals surface area contributed by atoms with Gasteiger partial charge in [0.15, 0.2) is 0 Å². The summed E-state index contributed by atoms with van der Waals surface area (Å²) in [6.45, 7) is 5.29. The molecule has 1 aromatic rings. The first kappa shape index (κ1) is 9.32. The Morgan fingerprint density at radius 2 is 1.92 bits per heavy atom. The highest BCUT2D eigenvalue weighted by Crippen LogP contribution is 2.04. The molecule has 1 aromatic carbocycles. The fourth-order valence-corrected chi connectivity index (χ4v) is 0.878. The molecule has 0 fully saturated rings. The Hall–Kier alpha value is -1.77. The second kappa shape index (κ2) is 4.30. The van der Waals surface area contributed by atoms with Crippen LogP contribution in [0.1, 0.15) is 6.92 Å². The molecule has 13 heavy (non-hydrogen) atoms. The molecule has 0 aliphatic rings. The maximum Gasteiger partial charge on any atom is 0.323 e. The fourth-order valence-electron chi connectivity index (χ4n) is 0.878. The number of rotatable bonds is 2. The minimum Gasteiger partial charge on any atom is -0.312 e. The summed E-state index contributed by atoms with van der Waals surface area (Å²) in [5.41, 5.74) is 1.38. The lowest BCUT2D eigenvalue weighted by Crippen LogP contribution is -2.26. The summed E-state index contributed by atoms with van der Waals surface area (Å²) in [5, 5.41) is 5.21. The Morgan fingerprint density at radius 3 is 2.46 bits per heavy atom. The van der Waals surface area contributed by atoms with Gasteiger partial charge in [0.1, 0.15) is 0 Å². The van der Waals surface area contributed by atoms with Gasteiger partial charge in [0.05, 0.1) is 0 Å². The maximum absolute atomic E-state index is 11.1. The van der Waals surface area contributed by atoms with Gasteiger partial charge in [-0.25, -0.2) is 4.79 Å². The van der Waals surface area contributed by atoms with E-state index in [2.05, 4.69) is 17.2 Å². The van der Waals surface area contributed by atoms with E-state index in [0.717, 1.165) is 5.69 Å². The van der Waals surface area contributed by atoms with Gasteiger partial charge in [0.25, 0.3) is 0 Å². The molecule has 3 nitrogen and oxygen atoms in total. The van der Waals surface area contributed by atoms with Crippen LogP contribution in [0, 0.1) is 0 Å². The lowest BCUT2D eigenvalue weighted by molar-refractivity contribution is 0.254. The summed E-state index contributed by atoms with van der Waals surface area (Å²) in [4.78, 5) is 11.1. The van der Waals surface area contributed by atoms with Crippen LogP contribution in [0.4, 0.5) is 10.5 Å². The van der Waals surface area contributed by atoms with Gasteiger partial charge in [-0.1, -0.05) is 24.8 Å². The van der Waals surface area contributed by atoms with Crippen LogP contribution in [-0.2, 0) is 0 Å². The first-order valence-corrected chi connectivity index (χ1v) is 3.97. The van der Waals surface area contributed by atoms with Crippen molar-refractivity contribution in [1.29, 1.82) is 0 Å². The van der Waals surface area contributed by atoms with Crippen LogP contribution in [0.2, 0.25) is 0 Å². The Balaban J connectivity index is 2.50. The topological polar surface area (TPSA) is 41.1 Å². The Kier molecular flexibility index (Phi) is 3.09. The van der Waals surface area contributed by atoms with Crippen LogP contribution in [0.15, 0.2) is 42.6 Å². The van der Waals surface area contributed by atoms with Crippen molar-refractivity contribution in [3.63, 3.8) is 0 Å². The average Bonchev–Trinajstić information content (AvgIpc) is 2.04. The number of carbonyl (C=O) groups excluding carboxylic acids is 1. The number of amides is 2. The van der Waals surface area contributed by atoms with E-state index in [0.29, 0.717) is 5.70 Å². The second-order valence-corrected chi connectivity index (χ2v) is 2.73. The molecule has 0 heterocycles. The summed E-state index contributed by atoms with van der Waals surface area (Å²) >= 11 is 0. The molecule has 0 aliphatic heterocycles. The molecule has 0 atom stereocenters. The van der Waals surface area contributed by atoms with Gasteiger partial charge in [0, 0.05) is 11.4 Å². The van der Waals surface area contributed by atoms with Gasteiger partial charge in [-0.05, 0) is 19.1 Å². The summed E-state index contributed by atoms with van der Waals surface area (Å²) in [6.07, 6.45) is 0. The lowest BCUT2D eigenvalue weighted by Gasteiger charge is -2.05. The van der Waals surface area contributed by atoms with Crippen molar-refractivity contribution in [1.82, 2.24) is 5.32 Å². The van der Waals surface area contributed by atoms with Gasteiger partial charge >= 0.3 is 6.03 Å². The second-order valence-electron chi connectivity index (χ2n) is 2.73. The first-order valence-electron chi connectivity index (χ1n) is 3.97. The number of para-hydroxylation sites is 1. The Bertz CT molecular complexity index is 306. The average molecular weight is 176 g/mol. The maximum atomic E-state index is 11.1. The van der Waals surface area contributed by atoms with Crippen LogP contribution in [0.5, 0.6) is 0 Å². The zero-order chi connectivity index (χ0) is 9.68. The molecule has 0 bridgehead atoms. The van der Waals surface area contributed by atoms with Crippen molar-refractivity contribution in [2.45, 2.75) is 6.92 Å². The molecule has 0 saturated heterocycles. The van der Waals surface area contributed by atoms with Crippen molar-refractivity contribution in [2.24, 2.45) is 0 Å². The third-order valence-electron chi connectivity index (χ3n) is 1.36. The van der Waals surface area contributed by atoms with Crippen LogP contribution >= 0.6 is 0 Å². The molecule has 68 valence electrons. The molecule has 0 unspecified atom stereocenters. The van der Waals surface area contributed by atoms with E-state index >= 15 is 0 Å². The minimum atomic E-state index is -0.265. The zero-order valence-electron chi connectivity index (χ0n) is 7.50. The predicted molar refractivity (Wildman–Crippen MR) is 53.4 cm³/mol. The van der Waals surface area contributed by atoms with Crippen LogP contribution in [0.3, 0.4) is 0 Å². The largest absolute Gasteiger partial charge is 0.323 e. The fraction of sp³-hybridized carbons (Fsp3) is 0.100. The molecule has 2 N–H and O–H groups in total. The third kappa shape index (κ3) is 3.42. The highest BCUT2D eigenvalue weighted by Gasteiger charge is 1.98. The van der Waals surface area contributed by atoms with Gasteiger partial charge in [-0.3, -0.25) is 0 Å². The van der Waals surface area contributed by atoms with E-state index in [9.17, 15) is 4.79 Å². The number of nitrogens with one attached hydrogen (secondary N) is 2. The Morgan fingerprint density at radius 1 is 1.31 bits per heavy atom.